The van der Waals surface area contributed by atoms with Crippen LogP contribution in [0.1, 0.15) is 5.56 Å². The minimum absolute atomic E-state index is 0. The lowest BCUT2D eigenvalue weighted by atomic mass is 10.1. The molecule has 2 N–H and O–H groups in total. The summed E-state index contributed by atoms with van der Waals surface area (Å²) < 4.78 is 31.1. The van der Waals surface area contributed by atoms with Crippen LogP contribution in [0, 0.1) is 6.92 Å². The molecule has 0 aliphatic heterocycles. The normalized spacial score (nSPS) is 10.5. The Hall–Kier alpha value is -1.66. The number of rotatable bonds is 6. The fourth-order valence-electron chi connectivity index (χ4n) is 1.91. The number of benzene rings is 1. The predicted molar refractivity (Wildman–Crippen MR) is 80.2 cm³/mol. The Morgan fingerprint density at radius 3 is 2.71 bits per heavy atom. The Morgan fingerprint density at radius 2 is 2.10 bits per heavy atom. The molecule has 0 saturated carbocycles. The smallest absolute Gasteiger partial charge is 0.272 e. The van der Waals surface area contributed by atoms with Gasteiger partial charge in [0.2, 0.25) is 0 Å². The molecule has 2 rings (SSSR count). The second-order valence-corrected chi connectivity index (χ2v) is 4.46. The van der Waals surface area contributed by atoms with E-state index in [-0.39, 0.29) is 12.4 Å². The summed E-state index contributed by atoms with van der Waals surface area (Å²) in [5.41, 5.74) is 8.21. The molecule has 0 radical (unpaired) electrons. The van der Waals surface area contributed by atoms with Crippen LogP contribution in [0.5, 0.6) is 5.75 Å². The first-order valence-electron chi connectivity index (χ1n) is 6.34. The number of alkyl halides is 2. The van der Waals surface area contributed by atoms with Crippen LogP contribution in [0.15, 0.2) is 30.6 Å². The molecule has 0 bridgehead atoms. The number of aryl methyl sites for hydroxylation is 1. The van der Waals surface area contributed by atoms with E-state index in [0.717, 1.165) is 16.7 Å². The largest absolute Gasteiger partial charge is 0.487 e. The third-order valence-electron chi connectivity index (χ3n) is 2.86. The Labute approximate surface area is 128 Å². The molecule has 1 aromatic heterocycles. The van der Waals surface area contributed by atoms with Crippen molar-refractivity contribution < 1.29 is 13.5 Å². The van der Waals surface area contributed by atoms with Crippen molar-refractivity contribution in [3.8, 4) is 16.9 Å². The lowest BCUT2D eigenvalue weighted by Crippen LogP contribution is -2.09. The van der Waals surface area contributed by atoms with Crippen LogP contribution < -0.4 is 10.5 Å². The molecule has 2 aromatic rings. The molecule has 7 heteroatoms. The van der Waals surface area contributed by atoms with E-state index in [4.69, 9.17) is 10.5 Å². The van der Waals surface area contributed by atoms with Gasteiger partial charge in [-0.05, 0) is 30.2 Å². The summed E-state index contributed by atoms with van der Waals surface area (Å²) in [6.45, 7) is 2.43. The van der Waals surface area contributed by atoms with Crippen molar-refractivity contribution in [3.05, 3.63) is 36.2 Å². The molecule has 0 amide bonds. The van der Waals surface area contributed by atoms with E-state index in [2.05, 4.69) is 5.10 Å². The van der Waals surface area contributed by atoms with Crippen LogP contribution in [-0.4, -0.2) is 29.4 Å². The molecule has 0 atom stereocenters. The van der Waals surface area contributed by atoms with E-state index >= 15 is 0 Å². The first-order chi connectivity index (χ1) is 9.60. The molecule has 0 aliphatic carbocycles. The van der Waals surface area contributed by atoms with Gasteiger partial charge >= 0.3 is 0 Å². The van der Waals surface area contributed by atoms with Crippen molar-refractivity contribution >= 4 is 12.4 Å². The number of nitrogens with zero attached hydrogens (tertiary/aromatic N) is 2. The maximum atomic E-state index is 12.1. The number of ether oxygens (including phenoxy) is 1. The standard InChI is InChI=1S/C14H17F2N3O.ClH/c1-10-6-11(2-3-13(10)20-9-14(15)16)12-7-18-19(8-12)5-4-17;/h2-3,6-8,14H,4-5,9,17H2,1H3;1H. The van der Waals surface area contributed by atoms with Gasteiger partial charge in [0, 0.05) is 18.3 Å². The van der Waals surface area contributed by atoms with Gasteiger partial charge in [-0.1, -0.05) is 6.07 Å². The minimum Gasteiger partial charge on any atom is -0.487 e. The van der Waals surface area contributed by atoms with Crippen molar-refractivity contribution in [2.75, 3.05) is 13.2 Å². The van der Waals surface area contributed by atoms with E-state index in [1.165, 1.54) is 0 Å². The van der Waals surface area contributed by atoms with Crippen molar-refractivity contribution in [1.29, 1.82) is 0 Å². The third-order valence-corrected chi connectivity index (χ3v) is 2.86. The van der Waals surface area contributed by atoms with Crippen LogP contribution in [0.25, 0.3) is 11.1 Å². The van der Waals surface area contributed by atoms with Gasteiger partial charge in [0.05, 0.1) is 12.7 Å². The zero-order valence-electron chi connectivity index (χ0n) is 11.6. The molecule has 21 heavy (non-hydrogen) atoms. The fourth-order valence-corrected chi connectivity index (χ4v) is 1.91. The fraction of sp³-hybridized carbons (Fsp3) is 0.357. The Balaban J connectivity index is 0.00000220. The number of nitrogens with two attached hydrogens (primary N) is 1. The molecular formula is C14H18ClF2N3O. The van der Waals surface area contributed by atoms with Gasteiger partial charge in [-0.2, -0.15) is 5.10 Å². The Bertz CT molecular complexity index is 575. The number of hydrogen-bond donors (Lipinski definition) is 1. The molecule has 116 valence electrons. The summed E-state index contributed by atoms with van der Waals surface area (Å²) in [5.74, 6) is 0.475. The number of aromatic nitrogens is 2. The van der Waals surface area contributed by atoms with Crippen LogP contribution in [0.4, 0.5) is 8.78 Å². The van der Waals surface area contributed by atoms with E-state index in [0.29, 0.717) is 18.8 Å². The van der Waals surface area contributed by atoms with Crippen LogP contribution in [-0.2, 0) is 6.54 Å². The molecule has 1 aromatic carbocycles. The molecule has 1 heterocycles. The third kappa shape index (κ3) is 4.68. The summed E-state index contributed by atoms with van der Waals surface area (Å²) in [4.78, 5) is 0. The summed E-state index contributed by atoms with van der Waals surface area (Å²) in [5, 5.41) is 4.20. The van der Waals surface area contributed by atoms with E-state index < -0.39 is 13.0 Å². The maximum absolute atomic E-state index is 12.1. The predicted octanol–water partition coefficient (Wildman–Crippen LogP) is 2.88. The first-order valence-corrected chi connectivity index (χ1v) is 6.34. The highest BCUT2D eigenvalue weighted by Crippen LogP contribution is 2.26. The van der Waals surface area contributed by atoms with Gasteiger partial charge in [-0.25, -0.2) is 8.78 Å². The average molecular weight is 318 g/mol. The molecule has 0 aliphatic rings. The zero-order valence-corrected chi connectivity index (χ0v) is 12.4. The van der Waals surface area contributed by atoms with Crippen LogP contribution in [0.2, 0.25) is 0 Å². The van der Waals surface area contributed by atoms with Gasteiger partial charge in [0.1, 0.15) is 12.4 Å². The van der Waals surface area contributed by atoms with E-state index in [1.54, 1.807) is 16.9 Å². The monoisotopic (exact) mass is 317 g/mol. The maximum Gasteiger partial charge on any atom is 0.272 e. The first kappa shape index (κ1) is 17.4. The lowest BCUT2D eigenvalue weighted by molar-refractivity contribution is 0.0816. The second-order valence-electron chi connectivity index (χ2n) is 4.46. The number of hydrogen-bond acceptors (Lipinski definition) is 3. The van der Waals surface area contributed by atoms with Gasteiger partial charge < -0.3 is 10.5 Å². The highest BCUT2D eigenvalue weighted by atomic mass is 35.5. The van der Waals surface area contributed by atoms with Crippen molar-refractivity contribution in [2.45, 2.75) is 19.9 Å². The minimum atomic E-state index is -2.47. The number of halogens is 3. The second kappa shape index (κ2) is 7.95. The Kier molecular flexibility index (Phi) is 6.58. The Morgan fingerprint density at radius 1 is 1.33 bits per heavy atom. The topological polar surface area (TPSA) is 53.1 Å². The average Bonchev–Trinajstić information content (AvgIpc) is 2.86. The zero-order chi connectivity index (χ0) is 14.5. The molecule has 0 fully saturated rings. The highest BCUT2D eigenvalue weighted by Gasteiger charge is 2.08. The van der Waals surface area contributed by atoms with Crippen molar-refractivity contribution in [3.63, 3.8) is 0 Å². The summed E-state index contributed by atoms with van der Waals surface area (Å²) >= 11 is 0. The van der Waals surface area contributed by atoms with Gasteiger partial charge in [0.15, 0.2) is 0 Å². The quantitative estimate of drug-likeness (QED) is 0.891. The van der Waals surface area contributed by atoms with E-state index in [1.807, 2.05) is 25.3 Å². The lowest BCUT2D eigenvalue weighted by Gasteiger charge is -2.09. The SMILES string of the molecule is Cc1cc(-c2cnn(CCN)c2)ccc1OCC(F)F.Cl. The van der Waals surface area contributed by atoms with E-state index in [9.17, 15) is 8.78 Å². The highest BCUT2D eigenvalue weighted by molar-refractivity contribution is 5.85. The summed E-state index contributed by atoms with van der Waals surface area (Å²) in [6, 6.07) is 5.43. The molecule has 4 nitrogen and oxygen atoms in total. The van der Waals surface area contributed by atoms with Gasteiger partial charge in [0.25, 0.3) is 6.43 Å². The van der Waals surface area contributed by atoms with Crippen molar-refractivity contribution in [2.24, 2.45) is 5.73 Å². The van der Waals surface area contributed by atoms with Crippen molar-refractivity contribution in [1.82, 2.24) is 9.78 Å². The molecule has 0 saturated heterocycles. The van der Waals surface area contributed by atoms with Gasteiger partial charge in [-0.3, -0.25) is 4.68 Å². The van der Waals surface area contributed by atoms with Crippen LogP contribution in [0.3, 0.4) is 0 Å². The molecular weight excluding hydrogens is 300 g/mol. The summed E-state index contributed by atoms with van der Waals surface area (Å²) in [7, 11) is 0. The molecule has 0 spiro atoms. The molecule has 0 unspecified atom stereocenters. The van der Waals surface area contributed by atoms with Crippen LogP contribution >= 0.6 is 12.4 Å². The van der Waals surface area contributed by atoms with Gasteiger partial charge in [-0.15, -0.1) is 12.4 Å². The summed E-state index contributed by atoms with van der Waals surface area (Å²) in [6.07, 6.45) is 1.19.